The summed E-state index contributed by atoms with van der Waals surface area (Å²) in [4.78, 5) is 18.3. The highest BCUT2D eigenvalue weighted by Gasteiger charge is 2.28. The van der Waals surface area contributed by atoms with Gasteiger partial charge >= 0.3 is 0 Å². The third-order valence-corrected chi connectivity index (χ3v) is 8.73. The number of aromatic nitrogens is 3. The van der Waals surface area contributed by atoms with Gasteiger partial charge in [0.2, 0.25) is 10.0 Å². The molecule has 0 atom stereocenters. The number of hydrogen-bond donors (Lipinski definition) is 0. The largest absolute Gasteiger partial charge is 0.353 e. The van der Waals surface area contributed by atoms with Crippen LogP contribution in [0.5, 0.6) is 0 Å². The summed E-state index contributed by atoms with van der Waals surface area (Å²) in [6, 6.07) is 13.3. The maximum atomic E-state index is 12.9. The average molecular weight is 492 g/mol. The number of hydrogen-bond acceptors (Lipinski definition) is 7. The van der Waals surface area contributed by atoms with Gasteiger partial charge in [-0.1, -0.05) is 30.3 Å². The molecule has 1 fully saturated rings. The maximum Gasteiger partial charge on any atom is 0.236 e. The molecule has 174 valence electrons. The zero-order valence-corrected chi connectivity index (χ0v) is 20.7. The van der Waals surface area contributed by atoms with Gasteiger partial charge in [0.05, 0.1) is 5.39 Å². The highest BCUT2D eigenvalue weighted by molar-refractivity contribution is 7.92. The second-order valence-corrected chi connectivity index (χ2v) is 11.2. The van der Waals surface area contributed by atoms with Crippen LogP contribution in [0.2, 0.25) is 0 Å². The van der Waals surface area contributed by atoms with E-state index >= 15 is 0 Å². The number of rotatable bonds is 5. The summed E-state index contributed by atoms with van der Waals surface area (Å²) in [5.41, 5.74) is 2.90. The molecule has 0 saturated carbocycles. The van der Waals surface area contributed by atoms with E-state index in [1.807, 2.05) is 42.5 Å². The van der Waals surface area contributed by atoms with E-state index in [-0.39, 0.29) is 0 Å². The van der Waals surface area contributed by atoms with Crippen LogP contribution in [-0.4, -0.2) is 53.9 Å². The Morgan fingerprint density at radius 2 is 1.74 bits per heavy atom. The topological polar surface area (TPSA) is 79.3 Å². The van der Waals surface area contributed by atoms with Crippen LogP contribution in [0.3, 0.4) is 0 Å². The Kier molecular flexibility index (Phi) is 6.16. The Hall–Kier alpha value is -3.14. The normalized spacial score (nSPS) is 15.4. The molecule has 1 saturated heterocycles. The minimum Gasteiger partial charge on any atom is -0.353 e. The fourth-order valence-electron chi connectivity index (χ4n) is 4.05. The monoisotopic (exact) mass is 491 g/mol. The van der Waals surface area contributed by atoms with Crippen molar-refractivity contribution in [3.63, 3.8) is 0 Å². The molecule has 0 unspecified atom stereocenters. The molecule has 5 rings (SSSR count). The van der Waals surface area contributed by atoms with E-state index in [0.29, 0.717) is 32.0 Å². The van der Waals surface area contributed by atoms with Gasteiger partial charge < -0.3 is 4.90 Å². The van der Waals surface area contributed by atoms with Gasteiger partial charge in [-0.2, -0.15) is 4.31 Å². The van der Waals surface area contributed by atoms with Crippen molar-refractivity contribution in [3.05, 3.63) is 76.3 Å². The number of aryl methyl sites for hydroxylation is 2. The number of benzene rings is 1. The summed E-state index contributed by atoms with van der Waals surface area (Å²) in [6.07, 6.45) is 5.14. The highest BCUT2D eigenvalue weighted by atomic mass is 32.2. The van der Waals surface area contributed by atoms with E-state index in [4.69, 9.17) is 9.97 Å². The maximum absolute atomic E-state index is 12.9. The number of sulfonamides is 1. The van der Waals surface area contributed by atoms with Crippen molar-refractivity contribution in [2.24, 2.45) is 0 Å². The molecule has 1 aliphatic heterocycles. The van der Waals surface area contributed by atoms with E-state index in [1.54, 1.807) is 29.8 Å². The molecule has 0 amide bonds. The summed E-state index contributed by atoms with van der Waals surface area (Å²) in [6.45, 7) is 6.12. The number of fused-ring (bicyclic) bond motifs is 1. The zero-order valence-electron chi connectivity index (χ0n) is 19.0. The van der Waals surface area contributed by atoms with E-state index in [0.717, 1.165) is 27.2 Å². The van der Waals surface area contributed by atoms with Crippen LogP contribution in [0.25, 0.3) is 27.7 Å². The van der Waals surface area contributed by atoms with Crippen LogP contribution >= 0.6 is 11.3 Å². The Morgan fingerprint density at radius 3 is 2.44 bits per heavy atom. The summed E-state index contributed by atoms with van der Waals surface area (Å²) in [7, 11) is -3.50. The smallest absolute Gasteiger partial charge is 0.236 e. The molecule has 3 aromatic heterocycles. The highest BCUT2D eigenvalue weighted by Crippen LogP contribution is 2.37. The lowest BCUT2D eigenvalue weighted by Gasteiger charge is -2.34. The Labute approximate surface area is 203 Å². The SMILES string of the molecule is Cc1sc2nc(-c3cccnc3)nc(N3CCN(S(=O)(=O)C=Cc4ccccc4)CC3)c2c1C. The molecule has 34 heavy (non-hydrogen) atoms. The Bertz CT molecular complexity index is 1440. The first-order valence-electron chi connectivity index (χ1n) is 11.1. The predicted molar refractivity (Wildman–Crippen MR) is 138 cm³/mol. The van der Waals surface area contributed by atoms with Crippen molar-refractivity contribution in [1.29, 1.82) is 0 Å². The van der Waals surface area contributed by atoms with Crippen LogP contribution in [0.15, 0.2) is 60.3 Å². The van der Waals surface area contributed by atoms with Crippen molar-refractivity contribution in [2.45, 2.75) is 13.8 Å². The Morgan fingerprint density at radius 1 is 0.971 bits per heavy atom. The standard InChI is InChI=1S/C25H25N5O2S2/c1-18-19(2)33-25-22(18)24(27-23(28-25)21-9-6-11-26-17-21)29-12-14-30(15-13-29)34(31,32)16-10-20-7-4-3-5-8-20/h3-11,16-17H,12-15H2,1-2H3. The van der Waals surface area contributed by atoms with Gasteiger partial charge in [-0.25, -0.2) is 18.4 Å². The van der Waals surface area contributed by atoms with Crippen molar-refractivity contribution >= 4 is 43.5 Å². The second-order valence-electron chi connectivity index (χ2n) is 8.22. The van der Waals surface area contributed by atoms with Crippen LogP contribution < -0.4 is 4.90 Å². The van der Waals surface area contributed by atoms with Crippen LogP contribution in [-0.2, 0) is 10.0 Å². The Balaban J connectivity index is 1.42. The average Bonchev–Trinajstić information content (AvgIpc) is 3.16. The summed E-state index contributed by atoms with van der Waals surface area (Å²) < 4.78 is 27.3. The fraction of sp³-hybridized carbons (Fsp3) is 0.240. The van der Waals surface area contributed by atoms with Gasteiger partial charge in [0, 0.05) is 54.4 Å². The molecule has 7 nitrogen and oxygen atoms in total. The molecule has 4 aromatic rings. The van der Waals surface area contributed by atoms with Crippen molar-refractivity contribution in [1.82, 2.24) is 19.3 Å². The van der Waals surface area contributed by atoms with Gasteiger partial charge in [0.15, 0.2) is 5.82 Å². The minimum absolute atomic E-state index is 0.400. The molecule has 0 N–H and O–H groups in total. The van der Waals surface area contributed by atoms with E-state index < -0.39 is 10.0 Å². The third kappa shape index (κ3) is 4.46. The number of nitrogens with zero attached hydrogens (tertiary/aromatic N) is 5. The molecule has 4 heterocycles. The number of piperazine rings is 1. The van der Waals surface area contributed by atoms with Crippen LogP contribution in [0.4, 0.5) is 5.82 Å². The first-order valence-corrected chi connectivity index (χ1v) is 13.4. The van der Waals surface area contributed by atoms with Gasteiger partial charge in [-0.15, -0.1) is 11.3 Å². The van der Waals surface area contributed by atoms with Gasteiger partial charge in [0.1, 0.15) is 10.6 Å². The molecule has 1 aromatic carbocycles. The second kappa shape index (κ2) is 9.25. The predicted octanol–water partition coefficient (Wildman–Crippen LogP) is 4.49. The van der Waals surface area contributed by atoms with E-state index in [9.17, 15) is 8.42 Å². The summed E-state index contributed by atoms with van der Waals surface area (Å²) in [5.74, 6) is 1.50. The lowest BCUT2D eigenvalue weighted by Crippen LogP contribution is -2.48. The molecule has 0 spiro atoms. The molecule has 0 aliphatic carbocycles. The lowest BCUT2D eigenvalue weighted by atomic mass is 10.2. The van der Waals surface area contributed by atoms with Gasteiger partial charge in [-0.05, 0) is 43.2 Å². The first-order chi connectivity index (χ1) is 16.4. The van der Waals surface area contributed by atoms with Crippen molar-refractivity contribution < 1.29 is 8.42 Å². The third-order valence-electron chi connectivity index (χ3n) is 6.06. The van der Waals surface area contributed by atoms with E-state index in [2.05, 4.69) is 23.7 Å². The number of thiophene rings is 1. The quantitative estimate of drug-likeness (QED) is 0.409. The van der Waals surface area contributed by atoms with Crippen molar-refractivity contribution in [2.75, 3.05) is 31.1 Å². The molecule has 0 radical (unpaired) electrons. The molecular formula is C25H25N5O2S2. The number of pyridine rings is 1. The van der Waals surface area contributed by atoms with E-state index in [1.165, 1.54) is 20.2 Å². The molecule has 1 aliphatic rings. The minimum atomic E-state index is -3.50. The fourth-order valence-corrected chi connectivity index (χ4v) is 6.25. The zero-order chi connectivity index (χ0) is 23.7. The molecule has 9 heteroatoms. The van der Waals surface area contributed by atoms with Gasteiger partial charge in [-0.3, -0.25) is 4.98 Å². The van der Waals surface area contributed by atoms with Crippen LogP contribution in [0.1, 0.15) is 16.0 Å². The van der Waals surface area contributed by atoms with Gasteiger partial charge in [0.25, 0.3) is 0 Å². The summed E-state index contributed by atoms with van der Waals surface area (Å²) >= 11 is 1.66. The lowest BCUT2D eigenvalue weighted by molar-refractivity contribution is 0.389. The molecule has 0 bridgehead atoms. The molecular weight excluding hydrogens is 466 g/mol. The first kappa shape index (κ1) is 22.6. The number of anilines is 1. The van der Waals surface area contributed by atoms with Crippen molar-refractivity contribution in [3.8, 4) is 11.4 Å². The summed E-state index contributed by atoms with van der Waals surface area (Å²) in [5, 5.41) is 2.35. The van der Waals surface area contributed by atoms with Crippen LogP contribution in [0, 0.1) is 13.8 Å².